The van der Waals surface area contributed by atoms with Crippen LogP contribution in [0.3, 0.4) is 0 Å². The van der Waals surface area contributed by atoms with Crippen LogP contribution in [-0.2, 0) is 4.74 Å². The first kappa shape index (κ1) is 11.2. The molecule has 1 aromatic carbocycles. The summed E-state index contributed by atoms with van der Waals surface area (Å²) in [5.74, 6) is 1.49. The third-order valence-corrected chi connectivity index (χ3v) is 3.81. The van der Waals surface area contributed by atoms with Crippen molar-refractivity contribution in [1.29, 1.82) is 0 Å². The van der Waals surface area contributed by atoms with Gasteiger partial charge in [0, 0.05) is 10.3 Å². The van der Waals surface area contributed by atoms with E-state index in [-0.39, 0.29) is 0 Å². The highest BCUT2D eigenvalue weighted by molar-refractivity contribution is 14.1. The molecule has 0 unspecified atom stereocenters. The normalized spacial score (nSPS) is 25.5. The number of hydrogen-bond donors (Lipinski definition) is 0. The largest absolute Gasteiger partial charge is 0.496 e. The molecule has 0 N–H and O–H groups in total. The lowest BCUT2D eigenvalue weighted by Crippen LogP contribution is -2.05. The molecular formula is C12H15IO2. The number of rotatable bonds is 3. The van der Waals surface area contributed by atoms with Gasteiger partial charge in [0.25, 0.3) is 0 Å². The van der Waals surface area contributed by atoms with Crippen LogP contribution in [0.2, 0.25) is 0 Å². The van der Waals surface area contributed by atoms with Gasteiger partial charge in [0.05, 0.1) is 19.8 Å². The fourth-order valence-electron chi connectivity index (χ4n) is 2.03. The van der Waals surface area contributed by atoms with Gasteiger partial charge in [0.15, 0.2) is 0 Å². The Balaban J connectivity index is 2.16. The van der Waals surface area contributed by atoms with Crippen LogP contribution in [0.4, 0.5) is 0 Å². The molecule has 2 atom stereocenters. The number of benzene rings is 1. The second-order valence-corrected chi connectivity index (χ2v) is 4.67. The van der Waals surface area contributed by atoms with Gasteiger partial charge in [-0.1, -0.05) is 40.8 Å². The SMILES string of the molecule is COc1ccccc1[C@@H]1CO[C@@H](CI)C1. The van der Waals surface area contributed by atoms with E-state index in [1.54, 1.807) is 7.11 Å². The van der Waals surface area contributed by atoms with Gasteiger partial charge >= 0.3 is 0 Å². The molecule has 0 spiro atoms. The maximum atomic E-state index is 5.71. The van der Waals surface area contributed by atoms with E-state index < -0.39 is 0 Å². The van der Waals surface area contributed by atoms with Crippen molar-refractivity contribution < 1.29 is 9.47 Å². The van der Waals surface area contributed by atoms with Crippen LogP contribution in [0.1, 0.15) is 17.9 Å². The van der Waals surface area contributed by atoms with Crippen LogP contribution in [0, 0.1) is 0 Å². The Bertz CT molecular complexity index is 327. The number of para-hydroxylation sites is 1. The van der Waals surface area contributed by atoms with E-state index >= 15 is 0 Å². The molecule has 1 heterocycles. The lowest BCUT2D eigenvalue weighted by Gasteiger charge is -2.12. The Kier molecular flexibility index (Phi) is 3.86. The van der Waals surface area contributed by atoms with E-state index in [0.29, 0.717) is 12.0 Å². The smallest absolute Gasteiger partial charge is 0.122 e. The summed E-state index contributed by atoms with van der Waals surface area (Å²) in [6, 6.07) is 8.23. The van der Waals surface area contributed by atoms with Gasteiger partial charge in [0.2, 0.25) is 0 Å². The molecule has 0 aliphatic carbocycles. The second kappa shape index (κ2) is 5.16. The predicted molar refractivity (Wildman–Crippen MR) is 69.0 cm³/mol. The molecule has 0 bridgehead atoms. The van der Waals surface area contributed by atoms with Gasteiger partial charge in [-0.15, -0.1) is 0 Å². The Morgan fingerprint density at radius 3 is 2.93 bits per heavy atom. The highest BCUT2D eigenvalue weighted by Crippen LogP contribution is 2.35. The van der Waals surface area contributed by atoms with Gasteiger partial charge < -0.3 is 9.47 Å². The lowest BCUT2D eigenvalue weighted by atomic mass is 9.96. The zero-order valence-corrected chi connectivity index (χ0v) is 10.9. The van der Waals surface area contributed by atoms with Crippen molar-refractivity contribution in [3.8, 4) is 5.75 Å². The first-order valence-electron chi connectivity index (χ1n) is 5.15. The fourth-order valence-corrected chi connectivity index (χ4v) is 2.65. The van der Waals surface area contributed by atoms with Crippen LogP contribution in [0.15, 0.2) is 24.3 Å². The zero-order chi connectivity index (χ0) is 10.7. The summed E-state index contributed by atoms with van der Waals surface area (Å²) in [6.07, 6.45) is 1.53. The highest BCUT2D eigenvalue weighted by Gasteiger charge is 2.27. The Hall–Kier alpha value is -0.290. The summed E-state index contributed by atoms with van der Waals surface area (Å²) >= 11 is 2.38. The van der Waals surface area contributed by atoms with Crippen LogP contribution >= 0.6 is 22.6 Å². The van der Waals surface area contributed by atoms with Crippen LogP contribution in [0.25, 0.3) is 0 Å². The van der Waals surface area contributed by atoms with Crippen molar-refractivity contribution in [2.75, 3.05) is 18.1 Å². The van der Waals surface area contributed by atoms with E-state index in [0.717, 1.165) is 23.2 Å². The lowest BCUT2D eigenvalue weighted by molar-refractivity contribution is 0.129. The molecule has 1 aliphatic rings. The topological polar surface area (TPSA) is 18.5 Å². The molecule has 2 rings (SSSR count). The van der Waals surface area contributed by atoms with Crippen LogP contribution in [-0.4, -0.2) is 24.2 Å². The van der Waals surface area contributed by atoms with Crippen molar-refractivity contribution >= 4 is 22.6 Å². The van der Waals surface area contributed by atoms with E-state index in [2.05, 4.69) is 34.7 Å². The fraction of sp³-hybridized carbons (Fsp3) is 0.500. The van der Waals surface area contributed by atoms with Gasteiger partial charge in [-0.05, 0) is 18.1 Å². The predicted octanol–water partition coefficient (Wildman–Crippen LogP) is 3.00. The number of alkyl halides is 1. The summed E-state index contributed by atoms with van der Waals surface area (Å²) in [4.78, 5) is 0. The summed E-state index contributed by atoms with van der Waals surface area (Å²) in [7, 11) is 1.73. The maximum Gasteiger partial charge on any atom is 0.122 e. The molecule has 1 aromatic rings. The Morgan fingerprint density at radius 2 is 2.27 bits per heavy atom. The molecule has 0 amide bonds. The number of hydrogen-bond acceptors (Lipinski definition) is 2. The first-order valence-corrected chi connectivity index (χ1v) is 6.68. The summed E-state index contributed by atoms with van der Waals surface area (Å²) in [6.45, 7) is 0.827. The highest BCUT2D eigenvalue weighted by atomic mass is 127. The van der Waals surface area contributed by atoms with Crippen molar-refractivity contribution in [2.45, 2.75) is 18.4 Å². The molecule has 0 saturated carbocycles. The van der Waals surface area contributed by atoms with Gasteiger partial charge in [-0.2, -0.15) is 0 Å². The second-order valence-electron chi connectivity index (χ2n) is 3.78. The van der Waals surface area contributed by atoms with E-state index in [1.165, 1.54) is 5.56 Å². The molecule has 82 valence electrons. The molecule has 0 radical (unpaired) electrons. The standard InChI is InChI=1S/C12H15IO2/c1-14-12-5-3-2-4-11(12)9-6-10(7-13)15-8-9/h2-5,9-10H,6-8H2,1H3/t9-,10+/m0/s1. The summed E-state index contributed by atoms with van der Waals surface area (Å²) in [5.41, 5.74) is 1.28. The van der Waals surface area contributed by atoms with E-state index in [4.69, 9.17) is 9.47 Å². The quantitative estimate of drug-likeness (QED) is 0.630. The van der Waals surface area contributed by atoms with Crippen molar-refractivity contribution in [2.24, 2.45) is 0 Å². The van der Waals surface area contributed by atoms with Gasteiger partial charge in [-0.25, -0.2) is 0 Å². The molecule has 1 fully saturated rings. The average Bonchev–Trinajstić information content (AvgIpc) is 2.77. The zero-order valence-electron chi connectivity index (χ0n) is 8.78. The van der Waals surface area contributed by atoms with Gasteiger partial charge in [0.1, 0.15) is 5.75 Å². The Labute approximate surface area is 104 Å². The first-order chi connectivity index (χ1) is 7.35. The van der Waals surface area contributed by atoms with Crippen molar-refractivity contribution in [3.05, 3.63) is 29.8 Å². The molecular weight excluding hydrogens is 303 g/mol. The average molecular weight is 318 g/mol. The van der Waals surface area contributed by atoms with Crippen LogP contribution in [0.5, 0.6) is 5.75 Å². The minimum Gasteiger partial charge on any atom is -0.496 e. The number of ether oxygens (including phenoxy) is 2. The van der Waals surface area contributed by atoms with Crippen molar-refractivity contribution in [1.82, 2.24) is 0 Å². The molecule has 2 nitrogen and oxygen atoms in total. The summed E-state index contributed by atoms with van der Waals surface area (Å²) < 4.78 is 12.1. The molecule has 0 aromatic heterocycles. The monoisotopic (exact) mass is 318 g/mol. The Morgan fingerprint density at radius 1 is 1.47 bits per heavy atom. The van der Waals surface area contributed by atoms with Crippen molar-refractivity contribution in [3.63, 3.8) is 0 Å². The third-order valence-electron chi connectivity index (χ3n) is 2.83. The third kappa shape index (κ3) is 2.45. The minimum atomic E-state index is 0.417. The molecule has 1 aliphatic heterocycles. The van der Waals surface area contributed by atoms with E-state index in [1.807, 2.05) is 12.1 Å². The molecule has 3 heteroatoms. The number of methoxy groups -OCH3 is 1. The van der Waals surface area contributed by atoms with E-state index in [9.17, 15) is 0 Å². The van der Waals surface area contributed by atoms with Gasteiger partial charge in [-0.3, -0.25) is 0 Å². The summed E-state index contributed by atoms with van der Waals surface area (Å²) in [5, 5.41) is 0. The van der Waals surface area contributed by atoms with Crippen LogP contribution < -0.4 is 4.74 Å². The number of halogens is 1. The molecule has 15 heavy (non-hydrogen) atoms. The molecule has 1 saturated heterocycles. The minimum absolute atomic E-state index is 0.417. The maximum absolute atomic E-state index is 5.71.